The van der Waals surface area contributed by atoms with Crippen LogP contribution < -0.4 is 0 Å². The van der Waals surface area contributed by atoms with Crippen molar-refractivity contribution < 1.29 is 19.4 Å². The summed E-state index contributed by atoms with van der Waals surface area (Å²) in [5, 5.41) is 17.3. The van der Waals surface area contributed by atoms with Crippen LogP contribution in [-0.2, 0) is 0 Å². The lowest BCUT2D eigenvalue weighted by Crippen LogP contribution is -2.00. The molecule has 4 heteroatoms. The second-order valence-electron chi connectivity index (χ2n) is 2.95. The summed E-state index contributed by atoms with van der Waals surface area (Å²) in [5.74, 6) is -1.75. The molecule has 0 heterocycles. The highest BCUT2D eigenvalue weighted by molar-refractivity contribution is 5.92. The Labute approximate surface area is 86.5 Å². The largest absolute Gasteiger partial charge is 0.478 e. The van der Waals surface area contributed by atoms with Crippen LogP contribution in [0.2, 0.25) is 0 Å². The highest BCUT2D eigenvalue weighted by Gasteiger charge is 2.08. The van der Waals surface area contributed by atoms with E-state index >= 15 is 0 Å². The maximum atomic E-state index is 12.8. The third kappa shape index (κ3) is 3.18. The molecule has 0 aliphatic carbocycles. The Balaban J connectivity index is 3.01. The van der Waals surface area contributed by atoms with Gasteiger partial charge >= 0.3 is 5.97 Å². The normalized spacial score (nSPS) is 10.8. The molecular weight excluding hydrogens is 199 g/mol. The molecule has 0 radical (unpaired) electrons. The Kier molecular flexibility index (Phi) is 4.00. The number of carboxylic acid groups (broad SMARTS) is 1. The van der Waals surface area contributed by atoms with Crippen LogP contribution in [0.25, 0.3) is 6.08 Å². The zero-order valence-electron chi connectivity index (χ0n) is 7.98. The smallest absolute Gasteiger partial charge is 0.336 e. The number of aliphatic hydroxyl groups excluding tert-OH is 1. The average molecular weight is 210 g/mol. The summed E-state index contributed by atoms with van der Waals surface area (Å²) in [5.41, 5.74) is 0.349. The summed E-state index contributed by atoms with van der Waals surface area (Å²) >= 11 is 0. The summed E-state index contributed by atoms with van der Waals surface area (Å²) < 4.78 is 12.8. The zero-order chi connectivity index (χ0) is 11.3. The number of hydrogen-bond donors (Lipinski definition) is 2. The van der Waals surface area contributed by atoms with Gasteiger partial charge in [-0.2, -0.15) is 0 Å². The van der Waals surface area contributed by atoms with Crippen molar-refractivity contribution in [1.29, 1.82) is 0 Å². The summed E-state index contributed by atoms with van der Waals surface area (Å²) in [4.78, 5) is 10.8. The first-order valence-corrected chi connectivity index (χ1v) is 4.45. The highest BCUT2D eigenvalue weighted by atomic mass is 19.1. The first-order chi connectivity index (χ1) is 7.15. The molecule has 1 aromatic rings. The van der Waals surface area contributed by atoms with Gasteiger partial charge in [0, 0.05) is 6.61 Å². The van der Waals surface area contributed by atoms with E-state index in [2.05, 4.69) is 0 Å². The molecule has 1 aromatic carbocycles. The Morgan fingerprint density at radius 1 is 1.47 bits per heavy atom. The lowest BCUT2D eigenvalue weighted by molar-refractivity contribution is 0.0696. The van der Waals surface area contributed by atoms with Gasteiger partial charge in [-0.15, -0.1) is 0 Å². The van der Waals surface area contributed by atoms with Crippen molar-refractivity contribution in [3.8, 4) is 0 Å². The van der Waals surface area contributed by atoms with Crippen molar-refractivity contribution in [3.05, 3.63) is 41.2 Å². The van der Waals surface area contributed by atoms with E-state index in [4.69, 9.17) is 10.2 Å². The number of aliphatic hydroxyl groups is 1. The average Bonchev–Trinajstić information content (AvgIpc) is 2.20. The van der Waals surface area contributed by atoms with E-state index in [0.29, 0.717) is 12.0 Å². The standard InChI is InChI=1S/C11H11FO3/c12-9-5-4-8(3-1-2-6-13)10(7-9)11(14)15/h1,3-5,7,13H,2,6H2,(H,14,15). The van der Waals surface area contributed by atoms with Crippen LogP contribution >= 0.6 is 0 Å². The van der Waals surface area contributed by atoms with Crippen LogP contribution in [0.3, 0.4) is 0 Å². The molecule has 3 nitrogen and oxygen atoms in total. The molecule has 0 spiro atoms. The maximum absolute atomic E-state index is 12.8. The molecule has 0 aliphatic heterocycles. The first kappa shape index (κ1) is 11.4. The van der Waals surface area contributed by atoms with E-state index in [9.17, 15) is 9.18 Å². The summed E-state index contributed by atoms with van der Waals surface area (Å²) in [6, 6.07) is 3.57. The van der Waals surface area contributed by atoms with Crippen molar-refractivity contribution in [2.75, 3.05) is 6.61 Å². The number of hydrogen-bond acceptors (Lipinski definition) is 2. The predicted molar refractivity (Wildman–Crippen MR) is 54.1 cm³/mol. The molecule has 0 saturated carbocycles. The molecule has 0 aliphatic rings. The second-order valence-corrected chi connectivity index (χ2v) is 2.95. The van der Waals surface area contributed by atoms with E-state index < -0.39 is 11.8 Å². The Bertz CT molecular complexity index is 385. The van der Waals surface area contributed by atoms with Gasteiger partial charge in [0.15, 0.2) is 0 Å². The van der Waals surface area contributed by atoms with Gasteiger partial charge in [0.2, 0.25) is 0 Å². The van der Waals surface area contributed by atoms with Crippen molar-refractivity contribution in [2.45, 2.75) is 6.42 Å². The number of carboxylic acids is 1. The van der Waals surface area contributed by atoms with Gasteiger partial charge in [-0.3, -0.25) is 0 Å². The molecule has 0 bridgehead atoms. The summed E-state index contributed by atoms with van der Waals surface area (Å²) in [7, 11) is 0. The molecule has 2 N–H and O–H groups in total. The lowest BCUT2D eigenvalue weighted by Gasteiger charge is -2.00. The fourth-order valence-corrected chi connectivity index (χ4v) is 1.14. The Morgan fingerprint density at radius 3 is 2.80 bits per heavy atom. The van der Waals surface area contributed by atoms with Crippen molar-refractivity contribution in [3.63, 3.8) is 0 Å². The van der Waals surface area contributed by atoms with E-state index in [0.717, 1.165) is 6.07 Å². The quantitative estimate of drug-likeness (QED) is 0.798. The Morgan fingerprint density at radius 2 is 2.20 bits per heavy atom. The molecule has 80 valence electrons. The summed E-state index contributed by atoms with van der Waals surface area (Å²) in [6.07, 6.45) is 3.63. The van der Waals surface area contributed by atoms with Gasteiger partial charge in [-0.1, -0.05) is 18.2 Å². The third-order valence-electron chi connectivity index (χ3n) is 1.84. The molecule has 0 atom stereocenters. The number of benzene rings is 1. The molecule has 0 fully saturated rings. The molecule has 0 unspecified atom stereocenters. The minimum atomic E-state index is -1.17. The van der Waals surface area contributed by atoms with E-state index in [1.807, 2.05) is 0 Å². The fourth-order valence-electron chi connectivity index (χ4n) is 1.14. The lowest BCUT2D eigenvalue weighted by atomic mass is 10.1. The zero-order valence-corrected chi connectivity index (χ0v) is 7.98. The summed E-state index contributed by atoms with van der Waals surface area (Å²) in [6.45, 7) is 0.0000987. The molecular formula is C11H11FO3. The minimum absolute atomic E-state index is 0.0000987. The number of carbonyl (C=O) groups is 1. The van der Waals surface area contributed by atoms with Crippen molar-refractivity contribution in [1.82, 2.24) is 0 Å². The monoisotopic (exact) mass is 210 g/mol. The van der Waals surface area contributed by atoms with Gasteiger partial charge < -0.3 is 10.2 Å². The van der Waals surface area contributed by atoms with Crippen LogP contribution in [0, 0.1) is 5.82 Å². The SMILES string of the molecule is O=C(O)c1cc(F)ccc1C=CCCO. The van der Waals surface area contributed by atoms with Crippen LogP contribution in [0.1, 0.15) is 22.3 Å². The number of aromatic carboxylic acids is 1. The molecule has 0 amide bonds. The predicted octanol–water partition coefficient (Wildman–Crippen LogP) is 1.92. The van der Waals surface area contributed by atoms with Crippen molar-refractivity contribution in [2.24, 2.45) is 0 Å². The number of halogens is 1. The highest BCUT2D eigenvalue weighted by Crippen LogP contribution is 2.13. The van der Waals surface area contributed by atoms with Gasteiger partial charge in [0.1, 0.15) is 5.82 Å². The van der Waals surface area contributed by atoms with Crippen molar-refractivity contribution >= 4 is 12.0 Å². The third-order valence-corrected chi connectivity index (χ3v) is 1.84. The van der Waals surface area contributed by atoms with Crippen LogP contribution in [0.5, 0.6) is 0 Å². The molecule has 0 aromatic heterocycles. The van der Waals surface area contributed by atoms with Gasteiger partial charge in [-0.25, -0.2) is 9.18 Å². The molecule has 0 saturated heterocycles. The maximum Gasteiger partial charge on any atom is 0.336 e. The van der Waals surface area contributed by atoms with E-state index in [1.54, 1.807) is 12.2 Å². The first-order valence-electron chi connectivity index (χ1n) is 4.45. The molecule has 1 rings (SSSR count). The Hall–Kier alpha value is -1.68. The minimum Gasteiger partial charge on any atom is -0.478 e. The second kappa shape index (κ2) is 5.26. The van der Waals surface area contributed by atoms with Gasteiger partial charge in [-0.05, 0) is 24.1 Å². The van der Waals surface area contributed by atoms with Crippen LogP contribution in [0.4, 0.5) is 4.39 Å². The topological polar surface area (TPSA) is 57.5 Å². The molecule has 15 heavy (non-hydrogen) atoms. The van der Waals surface area contributed by atoms with Gasteiger partial charge in [0.05, 0.1) is 5.56 Å². The fraction of sp³-hybridized carbons (Fsp3) is 0.182. The van der Waals surface area contributed by atoms with Crippen LogP contribution in [-0.4, -0.2) is 22.8 Å². The van der Waals surface area contributed by atoms with E-state index in [1.165, 1.54) is 12.1 Å². The number of rotatable bonds is 4. The van der Waals surface area contributed by atoms with Gasteiger partial charge in [0.25, 0.3) is 0 Å². The van der Waals surface area contributed by atoms with Crippen LogP contribution in [0.15, 0.2) is 24.3 Å². The van der Waals surface area contributed by atoms with E-state index in [-0.39, 0.29) is 12.2 Å².